The van der Waals surface area contributed by atoms with Crippen molar-refractivity contribution in [1.29, 1.82) is 0 Å². The fourth-order valence-electron chi connectivity index (χ4n) is 2.41. The SMILES string of the molecule is CSC12CC1C2c1ccc(Br)cc1. The first-order valence-electron chi connectivity index (χ1n) is 4.58. The molecule has 0 nitrogen and oxygen atoms in total. The number of thioether (sulfide) groups is 1. The molecule has 0 saturated heterocycles. The topological polar surface area (TPSA) is 0 Å². The van der Waals surface area contributed by atoms with Gasteiger partial charge in [0, 0.05) is 15.1 Å². The molecule has 3 atom stereocenters. The summed E-state index contributed by atoms with van der Waals surface area (Å²) in [5, 5.41) is 0. The predicted molar refractivity (Wildman–Crippen MR) is 61.2 cm³/mol. The van der Waals surface area contributed by atoms with Crippen LogP contribution in [-0.2, 0) is 0 Å². The molecule has 68 valence electrons. The lowest BCUT2D eigenvalue weighted by Crippen LogP contribution is -1.98. The van der Waals surface area contributed by atoms with Crippen LogP contribution in [0.15, 0.2) is 28.7 Å². The average Bonchev–Trinajstić information content (AvgIpc) is 2.96. The monoisotopic (exact) mass is 254 g/mol. The van der Waals surface area contributed by atoms with Gasteiger partial charge in [0.25, 0.3) is 0 Å². The zero-order valence-electron chi connectivity index (χ0n) is 7.46. The molecule has 2 fully saturated rings. The largest absolute Gasteiger partial charge is 0.158 e. The minimum atomic E-state index is 0.674. The van der Waals surface area contributed by atoms with Gasteiger partial charge in [-0.3, -0.25) is 0 Å². The minimum Gasteiger partial charge on any atom is -0.158 e. The van der Waals surface area contributed by atoms with Crippen LogP contribution in [0, 0.1) is 5.92 Å². The van der Waals surface area contributed by atoms with Gasteiger partial charge in [-0.1, -0.05) is 28.1 Å². The highest BCUT2D eigenvalue weighted by molar-refractivity contribution is 9.10. The molecule has 3 rings (SSSR count). The molecule has 0 radical (unpaired) electrons. The first-order chi connectivity index (χ1) is 6.28. The van der Waals surface area contributed by atoms with Crippen LogP contribution in [0.25, 0.3) is 0 Å². The Bertz CT molecular complexity index is 346. The molecular formula is C11H11BrS. The number of rotatable bonds is 2. The van der Waals surface area contributed by atoms with E-state index in [0.717, 1.165) is 11.8 Å². The lowest BCUT2D eigenvalue weighted by atomic mass is 10.0. The Morgan fingerprint density at radius 1 is 1.38 bits per heavy atom. The van der Waals surface area contributed by atoms with E-state index in [1.54, 1.807) is 0 Å². The Balaban J connectivity index is 1.85. The highest BCUT2D eigenvalue weighted by Crippen LogP contribution is 2.82. The Kier molecular flexibility index (Phi) is 1.64. The molecule has 2 heteroatoms. The molecule has 13 heavy (non-hydrogen) atoms. The van der Waals surface area contributed by atoms with Crippen molar-refractivity contribution in [3.05, 3.63) is 34.3 Å². The van der Waals surface area contributed by atoms with Crippen LogP contribution in [0.2, 0.25) is 0 Å². The summed E-state index contributed by atoms with van der Waals surface area (Å²) in [7, 11) is 0. The summed E-state index contributed by atoms with van der Waals surface area (Å²) < 4.78 is 1.86. The molecule has 1 aromatic carbocycles. The van der Waals surface area contributed by atoms with Crippen molar-refractivity contribution in [2.45, 2.75) is 17.1 Å². The van der Waals surface area contributed by atoms with Crippen molar-refractivity contribution in [2.24, 2.45) is 5.92 Å². The number of benzene rings is 1. The van der Waals surface area contributed by atoms with Crippen molar-refractivity contribution in [2.75, 3.05) is 6.26 Å². The van der Waals surface area contributed by atoms with Gasteiger partial charge in [0.2, 0.25) is 0 Å². The third-order valence-electron chi connectivity index (χ3n) is 3.44. The number of halogens is 1. The third kappa shape index (κ3) is 1.05. The van der Waals surface area contributed by atoms with Gasteiger partial charge in [-0.25, -0.2) is 0 Å². The Labute approximate surface area is 91.2 Å². The molecule has 0 aromatic heterocycles. The highest BCUT2D eigenvalue weighted by atomic mass is 79.9. The zero-order chi connectivity index (χ0) is 9.05. The van der Waals surface area contributed by atoms with Gasteiger partial charge >= 0.3 is 0 Å². The fraction of sp³-hybridized carbons (Fsp3) is 0.455. The summed E-state index contributed by atoms with van der Waals surface area (Å²) in [5.41, 5.74) is 1.54. The van der Waals surface area contributed by atoms with Gasteiger partial charge in [-0.2, -0.15) is 11.8 Å². The van der Waals surface area contributed by atoms with Crippen molar-refractivity contribution >= 4 is 27.7 Å². The maximum atomic E-state index is 3.47. The maximum absolute atomic E-state index is 3.47. The lowest BCUT2D eigenvalue weighted by Gasteiger charge is -2.09. The van der Waals surface area contributed by atoms with Crippen LogP contribution >= 0.6 is 27.7 Å². The van der Waals surface area contributed by atoms with E-state index in [1.165, 1.54) is 16.5 Å². The molecule has 3 unspecified atom stereocenters. The second kappa shape index (κ2) is 2.54. The molecule has 2 saturated carbocycles. The summed E-state index contributed by atoms with van der Waals surface area (Å²) >= 11 is 5.53. The van der Waals surface area contributed by atoms with E-state index in [-0.39, 0.29) is 0 Å². The van der Waals surface area contributed by atoms with E-state index in [2.05, 4.69) is 58.2 Å². The quantitative estimate of drug-likeness (QED) is 0.777. The molecular weight excluding hydrogens is 244 g/mol. The van der Waals surface area contributed by atoms with E-state index in [0.29, 0.717) is 4.75 Å². The van der Waals surface area contributed by atoms with Gasteiger partial charge < -0.3 is 0 Å². The zero-order valence-corrected chi connectivity index (χ0v) is 9.86. The van der Waals surface area contributed by atoms with Crippen molar-refractivity contribution in [3.8, 4) is 0 Å². The van der Waals surface area contributed by atoms with Gasteiger partial charge in [0.15, 0.2) is 0 Å². The second-order valence-electron chi connectivity index (χ2n) is 4.00. The Morgan fingerprint density at radius 3 is 2.54 bits per heavy atom. The van der Waals surface area contributed by atoms with Gasteiger partial charge in [0.1, 0.15) is 0 Å². The first-order valence-corrected chi connectivity index (χ1v) is 6.60. The highest BCUT2D eigenvalue weighted by Gasteiger charge is 2.78. The van der Waals surface area contributed by atoms with Crippen molar-refractivity contribution < 1.29 is 0 Å². The normalized spacial score (nSPS) is 39.8. The summed E-state index contributed by atoms with van der Waals surface area (Å²) in [6, 6.07) is 8.83. The molecule has 2 aliphatic carbocycles. The third-order valence-corrected chi connectivity index (χ3v) is 5.45. The van der Waals surface area contributed by atoms with Gasteiger partial charge in [-0.15, -0.1) is 0 Å². The molecule has 2 aliphatic rings. The van der Waals surface area contributed by atoms with Gasteiger partial charge in [0.05, 0.1) is 0 Å². The van der Waals surface area contributed by atoms with Crippen LogP contribution in [0.3, 0.4) is 0 Å². The smallest absolute Gasteiger partial charge is 0.0267 e. The number of hydrogen-bond donors (Lipinski definition) is 0. The first kappa shape index (κ1) is 8.37. The molecule has 0 bridgehead atoms. The van der Waals surface area contributed by atoms with Crippen LogP contribution in [0.5, 0.6) is 0 Å². The minimum absolute atomic E-state index is 0.674. The Morgan fingerprint density at radius 2 is 2.08 bits per heavy atom. The number of fused-ring (bicyclic) bond motifs is 1. The molecule has 0 N–H and O–H groups in total. The fourth-order valence-corrected chi connectivity index (χ4v) is 3.94. The van der Waals surface area contributed by atoms with E-state index >= 15 is 0 Å². The van der Waals surface area contributed by atoms with Crippen LogP contribution in [-0.4, -0.2) is 11.0 Å². The van der Waals surface area contributed by atoms with Crippen LogP contribution in [0.1, 0.15) is 17.9 Å². The van der Waals surface area contributed by atoms with Crippen LogP contribution in [0.4, 0.5) is 0 Å². The maximum Gasteiger partial charge on any atom is 0.0267 e. The molecule has 0 spiro atoms. The second-order valence-corrected chi connectivity index (χ2v) is 6.08. The van der Waals surface area contributed by atoms with Crippen molar-refractivity contribution in [1.82, 2.24) is 0 Å². The molecule has 0 heterocycles. The molecule has 0 aliphatic heterocycles. The van der Waals surface area contributed by atoms with E-state index in [4.69, 9.17) is 0 Å². The van der Waals surface area contributed by atoms with E-state index in [1.807, 2.05) is 0 Å². The summed E-state index contributed by atoms with van der Waals surface area (Å²) in [6.45, 7) is 0. The molecule has 0 amide bonds. The van der Waals surface area contributed by atoms with E-state index < -0.39 is 0 Å². The average molecular weight is 255 g/mol. The summed E-state index contributed by atoms with van der Waals surface area (Å²) in [6.07, 6.45) is 3.70. The number of hydrogen-bond acceptors (Lipinski definition) is 1. The van der Waals surface area contributed by atoms with Gasteiger partial charge in [-0.05, 0) is 36.3 Å². The lowest BCUT2D eigenvalue weighted by molar-refractivity contribution is 0.798. The van der Waals surface area contributed by atoms with Crippen LogP contribution < -0.4 is 0 Å². The molecule has 1 aromatic rings. The summed E-state index contributed by atoms with van der Waals surface area (Å²) in [4.78, 5) is 0. The van der Waals surface area contributed by atoms with E-state index in [9.17, 15) is 0 Å². The standard InChI is InChI=1S/C11H11BrS/c1-13-11-6-9(11)10(11)7-2-4-8(12)5-3-7/h2-5,9-10H,6H2,1H3. The Hall–Kier alpha value is 0.0500. The predicted octanol–water partition coefficient (Wildman–Crippen LogP) is 3.67. The summed E-state index contributed by atoms with van der Waals surface area (Å²) in [5.74, 6) is 1.87. The van der Waals surface area contributed by atoms with Crippen molar-refractivity contribution in [3.63, 3.8) is 0 Å².